The van der Waals surface area contributed by atoms with Crippen molar-refractivity contribution in [3.05, 3.63) is 68.2 Å². The first-order valence-electron chi connectivity index (χ1n) is 13.9. The Morgan fingerprint density at radius 3 is 2.33 bits per heavy atom. The van der Waals surface area contributed by atoms with Gasteiger partial charge in [0, 0.05) is 11.8 Å². The maximum Gasteiger partial charge on any atom is 0.476 e. The Balaban J connectivity index is 1.15. The highest BCUT2D eigenvalue weighted by atomic mass is 31.2. The zero-order chi connectivity index (χ0) is 30.5. The Hall–Kier alpha value is -2.30. The topological polar surface area (TPSA) is 155 Å². The Labute approximate surface area is 244 Å². The van der Waals surface area contributed by atoms with Gasteiger partial charge in [0.2, 0.25) is 0 Å². The van der Waals surface area contributed by atoms with E-state index in [-0.39, 0.29) is 6.61 Å². The maximum atomic E-state index is 14.1. The second-order valence-electron chi connectivity index (χ2n) is 12.1. The molecule has 2 aromatic rings. The summed E-state index contributed by atoms with van der Waals surface area (Å²) in [5, 5.41) is 0. The number of aromatic amines is 1. The molecule has 0 unspecified atom stereocenters. The molecule has 6 heterocycles. The molecule has 10 atom stereocenters. The number of H-pyrrole nitrogens is 1. The lowest BCUT2D eigenvalue weighted by Crippen LogP contribution is -2.43. The van der Waals surface area contributed by atoms with Gasteiger partial charge in [0.05, 0.1) is 6.61 Å². The molecule has 0 bridgehead atoms. The standard InChI is InChI=1S/C27H32FN2O12P/c1-12-10-30(25(32)29-22(12)31)23-20-17(37-26(2,3)38-20)15(35-23)11-34-43(33)41-16(13-6-8-14(28)9-7-13)18-19(42-43)21-24(36-18)40-27(4,5)39-21/h6-10,15-21,23-24H,11H2,1-5H3,(H,29,31,32)/t15-,16-,17-,18-,19+,20-,21-,23-,24-,43-/m1/s1. The molecule has 1 N–H and O–H groups in total. The minimum absolute atomic E-state index is 0.297. The fourth-order valence-corrected chi connectivity index (χ4v) is 7.72. The number of hydrogen-bond donors (Lipinski definition) is 1. The fraction of sp³-hybridized carbons (Fsp3) is 0.630. The van der Waals surface area contributed by atoms with Gasteiger partial charge in [-0.25, -0.2) is 13.8 Å². The SMILES string of the molecule is Cc1cn([C@@H]2O[C@H](CO[P@@]3(=O)O[C@@H]4[C@H]5OC(C)(C)O[C@H]5O[C@@H]4[C@@H](c4ccc(F)cc4)O3)[C@H]3OC(C)(C)O[C@H]32)c(=O)[nH]c1=O. The highest BCUT2D eigenvalue weighted by molar-refractivity contribution is 7.48. The van der Waals surface area contributed by atoms with Crippen LogP contribution in [0.1, 0.15) is 51.2 Å². The van der Waals surface area contributed by atoms with Gasteiger partial charge in [-0.05, 0) is 52.3 Å². The molecule has 0 aliphatic carbocycles. The van der Waals surface area contributed by atoms with Crippen molar-refractivity contribution in [3.8, 4) is 0 Å². The first-order chi connectivity index (χ1) is 20.2. The number of ether oxygens (including phenoxy) is 6. The molecule has 0 spiro atoms. The second-order valence-corrected chi connectivity index (χ2v) is 13.6. The van der Waals surface area contributed by atoms with Crippen LogP contribution in [-0.2, 0) is 46.6 Å². The molecule has 1 aromatic carbocycles. The van der Waals surface area contributed by atoms with Crippen LogP contribution in [0.2, 0.25) is 0 Å². The van der Waals surface area contributed by atoms with Crippen molar-refractivity contribution >= 4 is 7.82 Å². The first kappa shape index (κ1) is 29.4. The molecular weight excluding hydrogens is 594 g/mol. The molecule has 5 fully saturated rings. The van der Waals surface area contributed by atoms with Gasteiger partial charge in [-0.15, -0.1) is 0 Å². The van der Waals surface area contributed by atoms with Crippen molar-refractivity contribution < 1.29 is 50.9 Å². The molecule has 0 saturated carbocycles. The molecule has 5 saturated heterocycles. The predicted molar refractivity (Wildman–Crippen MR) is 141 cm³/mol. The van der Waals surface area contributed by atoms with Crippen LogP contribution in [0, 0.1) is 12.7 Å². The van der Waals surface area contributed by atoms with E-state index in [1.165, 1.54) is 35.0 Å². The average Bonchev–Trinajstić information content (AvgIpc) is 3.61. The third-order valence-corrected chi connectivity index (χ3v) is 9.41. The van der Waals surface area contributed by atoms with Gasteiger partial charge >= 0.3 is 13.5 Å². The van der Waals surface area contributed by atoms with Crippen molar-refractivity contribution in [2.45, 2.75) is 101 Å². The van der Waals surface area contributed by atoms with Crippen molar-refractivity contribution in [2.24, 2.45) is 0 Å². The zero-order valence-corrected chi connectivity index (χ0v) is 24.9. The van der Waals surface area contributed by atoms with Gasteiger partial charge in [-0.1, -0.05) is 12.1 Å². The number of rotatable bonds is 5. The van der Waals surface area contributed by atoms with Crippen LogP contribution < -0.4 is 11.2 Å². The lowest BCUT2D eigenvalue weighted by Gasteiger charge is -2.38. The number of fused-ring (bicyclic) bond motifs is 4. The summed E-state index contributed by atoms with van der Waals surface area (Å²) in [4.78, 5) is 26.9. The molecule has 7 rings (SSSR count). The summed E-state index contributed by atoms with van der Waals surface area (Å²) in [6, 6.07) is 5.52. The van der Waals surface area contributed by atoms with Gasteiger partial charge in [-0.2, -0.15) is 0 Å². The fourth-order valence-electron chi connectivity index (χ4n) is 6.16. The smallest absolute Gasteiger partial charge is 0.346 e. The molecule has 14 nitrogen and oxygen atoms in total. The van der Waals surface area contributed by atoms with E-state index in [0.29, 0.717) is 11.1 Å². The Morgan fingerprint density at radius 1 is 0.907 bits per heavy atom. The Morgan fingerprint density at radius 2 is 1.58 bits per heavy atom. The van der Waals surface area contributed by atoms with Crippen LogP contribution in [0.3, 0.4) is 0 Å². The number of nitrogens with one attached hydrogen (secondary N) is 1. The summed E-state index contributed by atoms with van der Waals surface area (Å²) in [7, 11) is -4.35. The number of aromatic nitrogens is 2. The second kappa shape index (κ2) is 10.1. The number of phosphoric ester groups is 1. The van der Waals surface area contributed by atoms with E-state index < -0.39 is 91.7 Å². The maximum absolute atomic E-state index is 14.1. The van der Waals surface area contributed by atoms with E-state index in [2.05, 4.69) is 4.98 Å². The van der Waals surface area contributed by atoms with Crippen LogP contribution >= 0.6 is 7.82 Å². The van der Waals surface area contributed by atoms with E-state index in [9.17, 15) is 18.5 Å². The average molecular weight is 627 g/mol. The normalized spacial score (nSPS) is 40.7. The van der Waals surface area contributed by atoms with E-state index in [4.69, 9.17) is 42.0 Å². The number of halogens is 1. The van der Waals surface area contributed by atoms with Crippen LogP contribution in [-0.4, -0.2) is 70.6 Å². The van der Waals surface area contributed by atoms with Crippen LogP contribution in [0.15, 0.2) is 40.1 Å². The van der Waals surface area contributed by atoms with Crippen molar-refractivity contribution in [2.75, 3.05) is 6.61 Å². The number of benzene rings is 1. The van der Waals surface area contributed by atoms with E-state index in [1.807, 2.05) is 0 Å². The zero-order valence-electron chi connectivity index (χ0n) is 24.0. The minimum atomic E-state index is -4.35. The molecule has 43 heavy (non-hydrogen) atoms. The van der Waals surface area contributed by atoms with E-state index in [1.54, 1.807) is 34.6 Å². The van der Waals surface area contributed by atoms with Crippen molar-refractivity contribution in [1.29, 1.82) is 0 Å². The summed E-state index contributed by atoms with van der Waals surface area (Å²) in [5.74, 6) is -2.45. The molecule has 234 valence electrons. The number of nitrogens with zero attached hydrogens (tertiary/aromatic N) is 1. The third kappa shape index (κ3) is 5.25. The van der Waals surface area contributed by atoms with E-state index in [0.717, 1.165) is 0 Å². The highest BCUT2D eigenvalue weighted by Crippen LogP contribution is 2.63. The van der Waals surface area contributed by atoms with Gasteiger partial charge in [0.15, 0.2) is 24.1 Å². The molecule has 1 aromatic heterocycles. The molecule has 16 heteroatoms. The Kier molecular flexibility index (Phi) is 6.91. The summed E-state index contributed by atoms with van der Waals surface area (Å²) in [5.41, 5.74) is -0.420. The highest BCUT2D eigenvalue weighted by Gasteiger charge is 2.63. The molecular formula is C27H32FN2O12P. The van der Waals surface area contributed by atoms with Crippen LogP contribution in [0.25, 0.3) is 0 Å². The van der Waals surface area contributed by atoms with Gasteiger partial charge in [0.25, 0.3) is 5.56 Å². The molecule has 5 aliphatic heterocycles. The summed E-state index contributed by atoms with van der Waals surface area (Å²) in [6.45, 7) is 8.10. The van der Waals surface area contributed by atoms with Gasteiger partial charge in [0.1, 0.15) is 48.5 Å². The van der Waals surface area contributed by atoms with Crippen LogP contribution in [0.5, 0.6) is 0 Å². The minimum Gasteiger partial charge on any atom is -0.346 e. The van der Waals surface area contributed by atoms with Crippen LogP contribution in [0.4, 0.5) is 4.39 Å². The summed E-state index contributed by atoms with van der Waals surface area (Å²) in [6.07, 6.45) is -6.18. The van der Waals surface area contributed by atoms with Crippen molar-refractivity contribution in [1.82, 2.24) is 9.55 Å². The number of hydrogen-bond acceptors (Lipinski definition) is 12. The third-order valence-electron chi connectivity index (χ3n) is 7.96. The van der Waals surface area contributed by atoms with Gasteiger partial charge < -0.3 is 28.4 Å². The molecule has 0 amide bonds. The number of aryl methyl sites for hydroxylation is 1. The Bertz CT molecular complexity index is 1580. The monoisotopic (exact) mass is 626 g/mol. The predicted octanol–water partition coefficient (Wildman–Crippen LogP) is 2.56. The number of phosphoric acid groups is 1. The van der Waals surface area contributed by atoms with Gasteiger partial charge in [-0.3, -0.25) is 27.9 Å². The lowest BCUT2D eigenvalue weighted by molar-refractivity contribution is -0.232. The molecule has 0 radical (unpaired) electrons. The first-order valence-corrected chi connectivity index (χ1v) is 15.4. The lowest BCUT2D eigenvalue weighted by atomic mass is 9.99. The molecule has 5 aliphatic rings. The quantitative estimate of drug-likeness (QED) is 0.485. The van der Waals surface area contributed by atoms with E-state index >= 15 is 0 Å². The summed E-state index contributed by atoms with van der Waals surface area (Å²) >= 11 is 0. The van der Waals surface area contributed by atoms with Crippen molar-refractivity contribution in [3.63, 3.8) is 0 Å². The summed E-state index contributed by atoms with van der Waals surface area (Å²) < 4.78 is 83.0. The largest absolute Gasteiger partial charge is 0.476 e.